The average Bonchev–Trinajstić information content (AvgIpc) is 3.11. The SMILES string of the molecule is CN(C)[C@@H](CNC(=O)C(=O)NC1CCCC1)c1ccsc1. The fourth-order valence-corrected chi connectivity index (χ4v) is 3.36. The second-order valence-electron chi connectivity index (χ2n) is 5.70. The second-order valence-corrected chi connectivity index (χ2v) is 6.48. The van der Waals surface area contributed by atoms with Crippen molar-refractivity contribution in [2.45, 2.75) is 37.8 Å². The lowest BCUT2D eigenvalue weighted by atomic mass is 10.1. The van der Waals surface area contributed by atoms with Gasteiger partial charge in [-0.25, -0.2) is 0 Å². The van der Waals surface area contributed by atoms with Gasteiger partial charge in [0.2, 0.25) is 0 Å². The molecule has 0 unspecified atom stereocenters. The predicted molar refractivity (Wildman–Crippen MR) is 84.2 cm³/mol. The van der Waals surface area contributed by atoms with E-state index in [1.165, 1.54) is 0 Å². The normalized spacial score (nSPS) is 16.9. The van der Waals surface area contributed by atoms with Gasteiger partial charge in [0.05, 0.1) is 6.04 Å². The molecule has 2 amide bonds. The molecule has 0 spiro atoms. The molecule has 0 aliphatic heterocycles. The predicted octanol–water partition coefficient (Wildman–Crippen LogP) is 1.53. The van der Waals surface area contributed by atoms with Gasteiger partial charge in [0.1, 0.15) is 0 Å². The van der Waals surface area contributed by atoms with E-state index in [2.05, 4.69) is 16.0 Å². The van der Waals surface area contributed by atoms with Crippen LogP contribution in [0.2, 0.25) is 0 Å². The standard InChI is InChI=1S/C15H23N3O2S/c1-18(2)13(11-7-8-21-10-11)9-16-14(19)15(20)17-12-5-3-4-6-12/h7-8,10,12-13H,3-6,9H2,1-2H3,(H,16,19)(H,17,20)/t13-/m0/s1. The van der Waals surface area contributed by atoms with Crippen molar-refractivity contribution in [3.8, 4) is 0 Å². The largest absolute Gasteiger partial charge is 0.346 e. The molecule has 116 valence electrons. The first-order valence-electron chi connectivity index (χ1n) is 7.35. The van der Waals surface area contributed by atoms with Gasteiger partial charge >= 0.3 is 11.8 Å². The Bertz CT molecular complexity index is 467. The van der Waals surface area contributed by atoms with E-state index in [0.29, 0.717) is 6.54 Å². The van der Waals surface area contributed by atoms with Crippen LogP contribution in [0.25, 0.3) is 0 Å². The molecule has 0 radical (unpaired) electrons. The quantitative estimate of drug-likeness (QED) is 0.811. The maximum Gasteiger partial charge on any atom is 0.309 e. The monoisotopic (exact) mass is 309 g/mol. The molecule has 1 heterocycles. The molecule has 1 aliphatic rings. The van der Waals surface area contributed by atoms with E-state index in [0.717, 1.165) is 31.2 Å². The Morgan fingerprint density at radius 3 is 2.62 bits per heavy atom. The molecule has 1 aromatic rings. The van der Waals surface area contributed by atoms with Crippen LogP contribution in [0.5, 0.6) is 0 Å². The van der Waals surface area contributed by atoms with Crippen LogP contribution in [0.3, 0.4) is 0 Å². The minimum atomic E-state index is -0.538. The lowest BCUT2D eigenvalue weighted by molar-refractivity contribution is -0.139. The minimum Gasteiger partial charge on any atom is -0.346 e. The first kappa shape index (κ1) is 16.0. The first-order chi connectivity index (χ1) is 10.1. The molecule has 6 heteroatoms. The number of thiophene rings is 1. The van der Waals surface area contributed by atoms with E-state index >= 15 is 0 Å². The topological polar surface area (TPSA) is 61.4 Å². The highest BCUT2D eigenvalue weighted by atomic mass is 32.1. The Labute approximate surface area is 129 Å². The molecule has 0 bridgehead atoms. The Morgan fingerprint density at radius 2 is 2.05 bits per heavy atom. The van der Waals surface area contributed by atoms with Crippen molar-refractivity contribution in [3.63, 3.8) is 0 Å². The van der Waals surface area contributed by atoms with Crippen LogP contribution in [0.15, 0.2) is 16.8 Å². The Balaban J connectivity index is 1.82. The third-order valence-electron chi connectivity index (χ3n) is 3.90. The summed E-state index contributed by atoms with van der Waals surface area (Å²) in [5.74, 6) is -1.05. The van der Waals surface area contributed by atoms with E-state index < -0.39 is 11.8 Å². The third-order valence-corrected chi connectivity index (χ3v) is 4.61. The number of likely N-dealkylation sites (N-methyl/N-ethyl adjacent to an activating group) is 1. The van der Waals surface area contributed by atoms with Crippen molar-refractivity contribution in [2.75, 3.05) is 20.6 Å². The van der Waals surface area contributed by atoms with E-state index in [9.17, 15) is 9.59 Å². The maximum absolute atomic E-state index is 11.9. The number of hydrogen-bond donors (Lipinski definition) is 2. The molecule has 1 aliphatic carbocycles. The molecule has 0 saturated heterocycles. The molecule has 1 fully saturated rings. The molecule has 1 aromatic heterocycles. The number of hydrogen-bond acceptors (Lipinski definition) is 4. The zero-order valence-electron chi connectivity index (χ0n) is 12.6. The zero-order chi connectivity index (χ0) is 15.2. The fraction of sp³-hybridized carbons (Fsp3) is 0.600. The van der Waals surface area contributed by atoms with E-state index in [1.54, 1.807) is 11.3 Å². The van der Waals surface area contributed by atoms with Crippen molar-refractivity contribution in [1.29, 1.82) is 0 Å². The van der Waals surface area contributed by atoms with Crippen LogP contribution in [0.1, 0.15) is 37.3 Å². The highest BCUT2D eigenvalue weighted by Crippen LogP contribution is 2.20. The van der Waals surface area contributed by atoms with Crippen molar-refractivity contribution in [1.82, 2.24) is 15.5 Å². The molecule has 5 nitrogen and oxygen atoms in total. The molecule has 1 saturated carbocycles. The number of amides is 2. The van der Waals surface area contributed by atoms with Crippen LogP contribution < -0.4 is 10.6 Å². The van der Waals surface area contributed by atoms with Crippen LogP contribution >= 0.6 is 11.3 Å². The van der Waals surface area contributed by atoms with Gasteiger partial charge in [0.25, 0.3) is 0 Å². The number of carbonyl (C=O) groups is 2. The van der Waals surface area contributed by atoms with Gasteiger partial charge in [-0.1, -0.05) is 12.8 Å². The minimum absolute atomic E-state index is 0.0829. The summed E-state index contributed by atoms with van der Waals surface area (Å²) in [6.07, 6.45) is 4.23. The molecule has 2 rings (SSSR count). The summed E-state index contributed by atoms with van der Waals surface area (Å²) in [6, 6.07) is 2.30. The first-order valence-corrected chi connectivity index (χ1v) is 8.29. The maximum atomic E-state index is 11.9. The van der Waals surface area contributed by atoms with Crippen molar-refractivity contribution >= 4 is 23.2 Å². The highest BCUT2D eigenvalue weighted by molar-refractivity contribution is 7.07. The molecular formula is C15H23N3O2S. The molecular weight excluding hydrogens is 286 g/mol. The van der Waals surface area contributed by atoms with Crippen molar-refractivity contribution < 1.29 is 9.59 Å². The number of carbonyl (C=O) groups excluding carboxylic acids is 2. The molecule has 0 aromatic carbocycles. The molecule has 21 heavy (non-hydrogen) atoms. The van der Waals surface area contributed by atoms with Crippen LogP contribution in [0, 0.1) is 0 Å². The van der Waals surface area contributed by atoms with Gasteiger partial charge in [-0.05, 0) is 49.3 Å². The molecule has 1 atom stereocenters. The van der Waals surface area contributed by atoms with Crippen molar-refractivity contribution in [3.05, 3.63) is 22.4 Å². The second kappa shape index (κ2) is 7.56. The highest BCUT2D eigenvalue weighted by Gasteiger charge is 2.22. The summed E-state index contributed by atoms with van der Waals surface area (Å²) in [4.78, 5) is 25.8. The average molecular weight is 309 g/mol. The van der Waals surface area contributed by atoms with Gasteiger partial charge in [-0.15, -0.1) is 0 Å². The van der Waals surface area contributed by atoms with Gasteiger partial charge < -0.3 is 15.5 Å². The van der Waals surface area contributed by atoms with E-state index in [1.807, 2.05) is 30.4 Å². The number of rotatable bonds is 5. The summed E-state index contributed by atoms with van der Waals surface area (Å²) >= 11 is 1.63. The van der Waals surface area contributed by atoms with Gasteiger partial charge in [-0.2, -0.15) is 11.3 Å². The number of nitrogens with zero attached hydrogens (tertiary/aromatic N) is 1. The van der Waals surface area contributed by atoms with Gasteiger partial charge in [0, 0.05) is 12.6 Å². The third kappa shape index (κ3) is 4.54. The smallest absolute Gasteiger partial charge is 0.309 e. The zero-order valence-corrected chi connectivity index (χ0v) is 13.4. The Hall–Kier alpha value is -1.40. The summed E-state index contributed by atoms with van der Waals surface area (Å²) in [5.41, 5.74) is 1.15. The molecule has 2 N–H and O–H groups in total. The summed E-state index contributed by atoms with van der Waals surface area (Å²) in [6.45, 7) is 0.431. The fourth-order valence-electron chi connectivity index (χ4n) is 2.65. The number of nitrogens with one attached hydrogen (secondary N) is 2. The van der Waals surface area contributed by atoms with E-state index in [4.69, 9.17) is 0 Å². The summed E-state index contributed by atoms with van der Waals surface area (Å²) in [5, 5.41) is 9.62. The Kier molecular flexibility index (Phi) is 5.76. The van der Waals surface area contributed by atoms with Gasteiger partial charge in [0.15, 0.2) is 0 Å². The van der Waals surface area contributed by atoms with Gasteiger partial charge in [-0.3, -0.25) is 9.59 Å². The van der Waals surface area contributed by atoms with Crippen LogP contribution in [-0.2, 0) is 9.59 Å². The van der Waals surface area contributed by atoms with Crippen LogP contribution in [-0.4, -0.2) is 43.4 Å². The summed E-state index contributed by atoms with van der Waals surface area (Å²) < 4.78 is 0. The lowest BCUT2D eigenvalue weighted by Gasteiger charge is -2.24. The van der Waals surface area contributed by atoms with Crippen LogP contribution in [0.4, 0.5) is 0 Å². The van der Waals surface area contributed by atoms with E-state index in [-0.39, 0.29) is 12.1 Å². The Morgan fingerprint density at radius 1 is 1.33 bits per heavy atom. The lowest BCUT2D eigenvalue weighted by Crippen LogP contribution is -2.45. The van der Waals surface area contributed by atoms with Crippen molar-refractivity contribution in [2.24, 2.45) is 0 Å². The summed E-state index contributed by atoms with van der Waals surface area (Å²) in [7, 11) is 3.93.